The lowest BCUT2D eigenvalue weighted by atomic mass is 9.98. The second kappa shape index (κ2) is 5.14. The van der Waals surface area contributed by atoms with Crippen LogP contribution in [-0.2, 0) is 0 Å². The summed E-state index contributed by atoms with van der Waals surface area (Å²) in [5.74, 6) is -0.247. The summed E-state index contributed by atoms with van der Waals surface area (Å²) in [6, 6.07) is 5.47. The van der Waals surface area contributed by atoms with E-state index in [1.54, 1.807) is 13.2 Å². The molecule has 1 heterocycles. The fourth-order valence-corrected chi connectivity index (χ4v) is 1.94. The number of ether oxygens (including phenoxy) is 1. The van der Waals surface area contributed by atoms with Gasteiger partial charge in [0.15, 0.2) is 6.39 Å². The van der Waals surface area contributed by atoms with Gasteiger partial charge in [-0.25, -0.2) is 9.78 Å². The fraction of sp³-hybridized carbons (Fsp3) is 0.286. The highest BCUT2D eigenvalue weighted by atomic mass is 16.5. The molecule has 0 bridgehead atoms. The van der Waals surface area contributed by atoms with E-state index in [0.29, 0.717) is 11.3 Å². The van der Waals surface area contributed by atoms with Crippen LogP contribution < -0.4 is 4.74 Å². The predicted octanol–water partition coefficient (Wildman–Crippen LogP) is 3.17. The van der Waals surface area contributed by atoms with Crippen LogP contribution in [0.1, 0.15) is 35.9 Å². The van der Waals surface area contributed by atoms with Crippen LogP contribution in [0.5, 0.6) is 5.75 Å². The van der Waals surface area contributed by atoms with Crippen LogP contribution in [0.2, 0.25) is 0 Å². The Morgan fingerprint density at radius 1 is 1.42 bits per heavy atom. The first-order valence-corrected chi connectivity index (χ1v) is 5.89. The molecular formula is C14H15NO4. The molecule has 0 radical (unpaired) electrons. The third-order valence-corrected chi connectivity index (χ3v) is 2.89. The molecule has 0 fully saturated rings. The molecular weight excluding hydrogens is 246 g/mol. The number of nitrogens with zero attached hydrogens (tertiary/aromatic N) is 1. The SMILES string of the molecule is COc1ccc(-c2ncoc2C(=O)O)cc1C(C)C. The standard InChI is InChI=1S/C14H15NO4/c1-8(2)10-6-9(4-5-11(10)18-3)12-13(14(16)17)19-7-15-12/h4-8H,1-3H3,(H,16,17). The van der Waals surface area contributed by atoms with E-state index >= 15 is 0 Å². The number of methoxy groups -OCH3 is 1. The molecule has 2 rings (SSSR count). The smallest absolute Gasteiger partial charge is 0.374 e. The van der Waals surface area contributed by atoms with Crippen molar-refractivity contribution < 1.29 is 19.1 Å². The molecule has 0 unspecified atom stereocenters. The number of aromatic carboxylic acids is 1. The molecule has 0 aliphatic rings. The zero-order valence-electron chi connectivity index (χ0n) is 11.0. The second-order valence-corrected chi connectivity index (χ2v) is 4.45. The Labute approximate surface area is 110 Å². The van der Waals surface area contributed by atoms with E-state index in [0.717, 1.165) is 17.7 Å². The molecule has 1 N–H and O–H groups in total. The zero-order chi connectivity index (χ0) is 14.0. The maximum absolute atomic E-state index is 11.0. The van der Waals surface area contributed by atoms with Crippen LogP contribution in [0.25, 0.3) is 11.3 Å². The van der Waals surface area contributed by atoms with Crippen molar-refractivity contribution in [1.82, 2.24) is 4.98 Å². The number of carboxylic acid groups (broad SMARTS) is 1. The first-order chi connectivity index (χ1) is 9.04. The highest BCUT2D eigenvalue weighted by molar-refractivity contribution is 5.91. The minimum atomic E-state index is -1.13. The van der Waals surface area contributed by atoms with Gasteiger partial charge in [0.05, 0.1) is 7.11 Å². The lowest BCUT2D eigenvalue weighted by Gasteiger charge is -2.12. The van der Waals surface area contributed by atoms with Crippen LogP contribution >= 0.6 is 0 Å². The molecule has 0 aliphatic heterocycles. The van der Waals surface area contributed by atoms with Gasteiger partial charge in [0.1, 0.15) is 11.4 Å². The quantitative estimate of drug-likeness (QED) is 0.915. The normalized spacial score (nSPS) is 10.7. The Kier molecular flexibility index (Phi) is 3.55. The summed E-state index contributed by atoms with van der Waals surface area (Å²) in [6.07, 6.45) is 1.14. The van der Waals surface area contributed by atoms with Crippen LogP contribution in [0, 0.1) is 0 Å². The minimum absolute atomic E-state index is 0.153. The lowest BCUT2D eigenvalue weighted by molar-refractivity contribution is 0.0663. The zero-order valence-corrected chi connectivity index (χ0v) is 11.0. The molecule has 0 atom stereocenters. The molecule has 100 valence electrons. The van der Waals surface area contributed by atoms with Gasteiger partial charge in [-0.3, -0.25) is 0 Å². The van der Waals surface area contributed by atoms with Gasteiger partial charge in [-0.15, -0.1) is 0 Å². The number of oxazole rings is 1. The summed E-state index contributed by atoms with van der Waals surface area (Å²) < 4.78 is 10.2. The topological polar surface area (TPSA) is 72.6 Å². The molecule has 0 spiro atoms. The summed E-state index contributed by atoms with van der Waals surface area (Å²) in [6.45, 7) is 4.09. The van der Waals surface area contributed by atoms with Crippen molar-refractivity contribution in [2.24, 2.45) is 0 Å². The molecule has 5 heteroatoms. The van der Waals surface area contributed by atoms with Gasteiger partial charge >= 0.3 is 5.97 Å². The lowest BCUT2D eigenvalue weighted by Crippen LogP contribution is -1.99. The third kappa shape index (κ3) is 2.45. The van der Waals surface area contributed by atoms with Gasteiger partial charge in [0.2, 0.25) is 5.76 Å². The van der Waals surface area contributed by atoms with Gasteiger partial charge in [0.25, 0.3) is 0 Å². The van der Waals surface area contributed by atoms with Crippen molar-refractivity contribution in [3.63, 3.8) is 0 Å². The van der Waals surface area contributed by atoms with E-state index in [9.17, 15) is 4.79 Å². The van der Waals surface area contributed by atoms with Crippen molar-refractivity contribution in [1.29, 1.82) is 0 Å². The van der Waals surface area contributed by atoms with E-state index in [2.05, 4.69) is 4.98 Å². The van der Waals surface area contributed by atoms with E-state index in [-0.39, 0.29) is 11.7 Å². The molecule has 0 saturated carbocycles. The first-order valence-electron chi connectivity index (χ1n) is 5.89. The Hall–Kier alpha value is -2.30. The summed E-state index contributed by atoms with van der Waals surface area (Å²) in [4.78, 5) is 15.0. The Balaban J connectivity index is 2.54. The number of hydrogen-bond donors (Lipinski definition) is 1. The summed E-state index contributed by atoms with van der Waals surface area (Å²) >= 11 is 0. The molecule has 19 heavy (non-hydrogen) atoms. The van der Waals surface area contributed by atoms with E-state index in [1.165, 1.54) is 0 Å². The number of aromatic nitrogens is 1. The van der Waals surface area contributed by atoms with Crippen molar-refractivity contribution in [2.75, 3.05) is 7.11 Å². The van der Waals surface area contributed by atoms with Crippen LogP contribution in [0.4, 0.5) is 0 Å². The Morgan fingerprint density at radius 2 is 2.16 bits per heavy atom. The van der Waals surface area contributed by atoms with Crippen molar-refractivity contribution in [2.45, 2.75) is 19.8 Å². The minimum Gasteiger partial charge on any atom is -0.496 e. The van der Waals surface area contributed by atoms with Crippen LogP contribution in [0.15, 0.2) is 29.0 Å². The van der Waals surface area contributed by atoms with Gasteiger partial charge in [0, 0.05) is 5.56 Å². The molecule has 0 aliphatic carbocycles. The van der Waals surface area contributed by atoms with Gasteiger partial charge in [-0.2, -0.15) is 0 Å². The maximum Gasteiger partial charge on any atom is 0.374 e. The Morgan fingerprint density at radius 3 is 2.74 bits per heavy atom. The Bertz CT molecular complexity index is 601. The largest absolute Gasteiger partial charge is 0.496 e. The number of rotatable bonds is 4. The summed E-state index contributed by atoms with van der Waals surface area (Å²) in [7, 11) is 1.61. The molecule has 5 nitrogen and oxygen atoms in total. The van der Waals surface area contributed by atoms with Crippen LogP contribution in [0.3, 0.4) is 0 Å². The number of carbonyl (C=O) groups is 1. The van der Waals surface area contributed by atoms with Gasteiger partial charge in [-0.1, -0.05) is 13.8 Å². The average molecular weight is 261 g/mol. The number of carboxylic acids is 1. The molecule has 1 aromatic heterocycles. The maximum atomic E-state index is 11.0. The summed E-state index contributed by atoms with van der Waals surface area (Å²) in [5.41, 5.74) is 2.03. The van der Waals surface area contributed by atoms with Crippen LogP contribution in [-0.4, -0.2) is 23.2 Å². The van der Waals surface area contributed by atoms with E-state index < -0.39 is 5.97 Å². The first kappa shape index (κ1) is 13.1. The third-order valence-electron chi connectivity index (χ3n) is 2.89. The predicted molar refractivity (Wildman–Crippen MR) is 69.5 cm³/mol. The van der Waals surface area contributed by atoms with Crippen molar-refractivity contribution in [3.8, 4) is 17.0 Å². The number of benzene rings is 1. The van der Waals surface area contributed by atoms with E-state index in [1.807, 2.05) is 26.0 Å². The number of hydrogen-bond acceptors (Lipinski definition) is 4. The average Bonchev–Trinajstić information content (AvgIpc) is 2.87. The fourth-order valence-electron chi connectivity index (χ4n) is 1.94. The van der Waals surface area contributed by atoms with Crippen molar-refractivity contribution >= 4 is 5.97 Å². The molecule has 2 aromatic rings. The molecule has 0 amide bonds. The monoisotopic (exact) mass is 261 g/mol. The van der Waals surface area contributed by atoms with Gasteiger partial charge in [-0.05, 0) is 29.7 Å². The molecule has 0 saturated heterocycles. The van der Waals surface area contributed by atoms with E-state index in [4.69, 9.17) is 14.3 Å². The molecule has 1 aromatic carbocycles. The highest BCUT2D eigenvalue weighted by Crippen LogP contribution is 2.32. The highest BCUT2D eigenvalue weighted by Gasteiger charge is 2.19. The summed E-state index contributed by atoms with van der Waals surface area (Å²) in [5, 5.41) is 9.04. The van der Waals surface area contributed by atoms with Crippen molar-refractivity contribution in [3.05, 3.63) is 35.9 Å². The second-order valence-electron chi connectivity index (χ2n) is 4.45. The van der Waals surface area contributed by atoms with Gasteiger partial charge < -0.3 is 14.3 Å².